The molecule has 0 spiro atoms. The van der Waals surface area contributed by atoms with Crippen molar-refractivity contribution in [1.29, 1.82) is 0 Å². The minimum Gasteiger partial charge on any atom is -0.469 e. The number of likely N-dealkylation sites (N-methyl/N-ethyl adjacent to an activating group) is 1. The molecule has 1 N–H and O–H groups in total. The van der Waals surface area contributed by atoms with Gasteiger partial charge in [-0.15, -0.1) is 0 Å². The topological polar surface area (TPSA) is 57.2 Å². The molecule has 2 unspecified atom stereocenters. The van der Waals surface area contributed by atoms with Gasteiger partial charge in [-0.3, -0.25) is 9.79 Å². The van der Waals surface area contributed by atoms with Gasteiger partial charge in [0.05, 0.1) is 13.0 Å². The Kier molecular flexibility index (Phi) is 8.24. The molecule has 6 heteroatoms. The molecular weight excluding hydrogens is 280 g/mol. The van der Waals surface area contributed by atoms with E-state index in [-0.39, 0.29) is 11.9 Å². The Bertz CT molecular complexity index is 373. The zero-order valence-electron chi connectivity index (χ0n) is 14.8. The van der Waals surface area contributed by atoms with Gasteiger partial charge >= 0.3 is 5.97 Å². The van der Waals surface area contributed by atoms with Crippen molar-refractivity contribution in [3.8, 4) is 0 Å². The highest BCUT2D eigenvalue weighted by atomic mass is 16.5. The third-order valence-electron chi connectivity index (χ3n) is 4.30. The number of carbonyl (C=O) groups is 1. The van der Waals surface area contributed by atoms with Crippen molar-refractivity contribution in [1.82, 2.24) is 15.1 Å². The lowest BCUT2D eigenvalue weighted by atomic mass is 9.99. The minimum absolute atomic E-state index is 0.0595. The number of carbonyl (C=O) groups excluding carboxylic acids is 1. The number of aliphatic imine (C=N–C) groups is 1. The summed E-state index contributed by atoms with van der Waals surface area (Å²) < 4.78 is 4.88. The normalized spacial score (nSPS) is 22.3. The average molecular weight is 312 g/mol. The zero-order valence-corrected chi connectivity index (χ0v) is 14.8. The molecule has 1 rings (SSSR count). The van der Waals surface area contributed by atoms with E-state index in [4.69, 9.17) is 4.74 Å². The SMILES string of the molecule is CCCCN(C)CCNC(=NC)N1CC(C)C(C(=O)OC)C1. The number of likely N-dealkylation sites (tertiary alicyclic amines) is 1. The van der Waals surface area contributed by atoms with Gasteiger partial charge in [-0.05, 0) is 25.9 Å². The van der Waals surface area contributed by atoms with E-state index in [1.807, 2.05) is 0 Å². The van der Waals surface area contributed by atoms with Crippen LogP contribution in [0.1, 0.15) is 26.7 Å². The van der Waals surface area contributed by atoms with Crippen LogP contribution in [0.15, 0.2) is 4.99 Å². The molecule has 0 amide bonds. The van der Waals surface area contributed by atoms with Gasteiger partial charge in [-0.1, -0.05) is 20.3 Å². The summed E-state index contributed by atoms with van der Waals surface area (Å²) in [5.74, 6) is 0.987. The molecule has 1 saturated heterocycles. The molecule has 0 aromatic heterocycles. The summed E-state index contributed by atoms with van der Waals surface area (Å²) in [6.45, 7) is 8.79. The van der Waals surface area contributed by atoms with Gasteiger partial charge in [0.15, 0.2) is 5.96 Å². The van der Waals surface area contributed by atoms with Crippen LogP contribution in [0.4, 0.5) is 0 Å². The van der Waals surface area contributed by atoms with Crippen molar-refractivity contribution >= 4 is 11.9 Å². The van der Waals surface area contributed by atoms with E-state index in [0.29, 0.717) is 12.5 Å². The van der Waals surface area contributed by atoms with Gasteiger partial charge in [0, 0.05) is 33.2 Å². The predicted octanol–water partition coefficient (Wildman–Crippen LogP) is 1.03. The predicted molar refractivity (Wildman–Crippen MR) is 90.0 cm³/mol. The maximum Gasteiger partial charge on any atom is 0.310 e. The molecule has 0 aliphatic carbocycles. The summed E-state index contributed by atoms with van der Waals surface area (Å²) >= 11 is 0. The largest absolute Gasteiger partial charge is 0.469 e. The fourth-order valence-electron chi connectivity index (χ4n) is 2.83. The van der Waals surface area contributed by atoms with Crippen molar-refractivity contribution in [3.05, 3.63) is 0 Å². The Balaban J connectivity index is 2.41. The molecule has 1 aliphatic heterocycles. The highest BCUT2D eigenvalue weighted by molar-refractivity contribution is 5.82. The van der Waals surface area contributed by atoms with Crippen LogP contribution in [0.5, 0.6) is 0 Å². The van der Waals surface area contributed by atoms with Gasteiger partial charge < -0.3 is 19.9 Å². The van der Waals surface area contributed by atoms with E-state index in [1.54, 1.807) is 7.05 Å². The van der Waals surface area contributed by atoms with Crippen molar-refractivity contribution < 1.29 is 9.53 Å². The van der Waals surface area contributed by atoms with Gasteiger partial charge in [-0.25, -0.2) is 0 Å². The lowest BCUT2D eigenvalue weighted by molar-refractivity contribution is -0.145. The Morgan fingerprint density at radius 3 is 2.73 bits per heavy atom. The molecule has 0 aromatic rings. The minimum atomic E-state index is -0.121. The Labute approximate surface area is 134 Å². The second kappa shape index (κ2) is 9.66. The second-order valence-electron chi connectivity index (χ2n) is 6.14. The molecule has 0 aromatic carbocycles. The molecule has 22 heavy (non-hydrogen) atoms. The van der Waals surface area contributed by atoms with Crippen molar-refractivity contribution in [2.45, 2.75) is 26.7 Å². The number of rotatable bonds is 7. The lowest BCUT2D eigenvalue weighted by Crippen LogP contribution is -2.43. The second-order valence-corrected chi connectivity index (χ2v) is 6.14. The van der Waals surface area contributed by atoms with Crippen molar-refractivity contribution in [3.63, 3.8) is 0 Å². The zero-order chi connectivity index (χ0) is 16.5. The summed E-state index contributed by atoms with van der Waals surface area (Å²) in [4.78, 5) is 20.6. The van der Waals surface area contributed by atoms with Crippen LogP contribution in [0.2, 0.25) is 0 Å². The van der Waals surface area contributed by atoms with Crippen LogP contribution in [0.25, 0.3) is 0 Å². The number of hydrogen-bond acceptors (Lipinski definition) is 4. The quantitative estimate of drug-likeness (QED) is 0.432. The molecular formula is C16H32N4O2. The third-order valence-corrected chi connectivity index (χ3v) is 4.30. The van der Waals surface area contributed by atoms with Crippen molar-refractivity contribution in [2.24, 2.45) is 16.8 Å². The van der Waals surface area contributed by atoms with Crippen LogP contribution in [0.3, 0.4) is 0 Å². The fourth-order valence-corrected chi connectivity index (χ4v) is 2.83. The summed E-state index contributed by atoms with van der Waals surface area (Å²) in [5.41, 5.74) is 0. The molecule has 2 atom stereocenters. The van der Waals surface area contributed by atoms with Gasteiger partial charge in [0.25, 0.3) is 0 Å². The summed E-state index contributed by atoms with van der Waals surface area (Å²) in [6.07, 6.45) is 2.45. The van der Waals surface area contributed by atoms with Crippen LogP contribution in [-0.2, 0) is 9.53 Å². The van der Waals surface area contributed by atoms with E-state index < -0.39 is 0 Å². The van der Waals surface area contributed by atoms with E-state index in [0.717, 1.165) is 32.1 Å². The highest BCUT2D eigenvalue weighted by Gasteiger charge is 2.36. The molecule has 1 aliphatic rings. The monoisotopic (exact) mass is 312 g/mol. The van der Waals surface area contributed by atoms with Gasteiger partial charge in [-0.2, -0.15) is 0 Å². The molecule has 1 heterocycles. The standard InChI is InChI=1S/C16H32N4O2/c1-6-7-9-19(4)10-8-18-16(17-3)20-11-13(2)14(12-20)15(21)22-5/h13-14H,6-12H2,1-5H3,(H,17,18). The van der Waals surface area contributed by atoms with Gasteiger partial charge in [0.1, 0.15) is 0 Å². The van der Waals surface area contributed by atoms with E-state index in [2.05, 4.69) is 41.0 Å². The number of nitrogens with zero attached hydrogens (tertiary/aromatic N) is 3. The summed E-state index contributed by atoms with van der Waals surface area (Å²) in [7, 11) is 5.39. The molecule has 6 nitrogen and oxygen atoms in total. The van der Waals surface area contributed by atoms with Crippen LogP contribution in [0, 0.1) is 11.8 Å². The Hall–Kier alpha value is -1.30. The first kappa shape index (κ1) is 18.7. The number of esters is 1. The number of hydrogen-bond donors (Lipinski definition) is 1. The summed E-state index contributed by atoms with van der Waals surface area (Å²) in [5, 5.41) is 3.40. The van der Waals surface area contributed by atoms with Crippen LogP contribution < -0.4 is 5.32 Å². The van der Waals surface area contributed by atoms with E-state index in [1.165, 1.54) is 20.0 Å². The van der Waals surface area contributed by atoms with E-state index in [9.17, 15) is 4.79 Å². The molecule has 0 bridgehead atoms. The fraction of sp³-hybridized carbons (Fsp3) is 0.875. The smallest absolute Gasteiger partial charge is 0.310 e. The first-order valence-corrected chi connectivity index (χ1v) is 8.25. The number of unbranched alkanes of at least 4 members (excludes halogenated alkanes) is 1. The average Bonchev–Trinajstić information content (AvgIpc) is 2.90. The lowest BCUT2D eigenvalue weighted by Gasteiger charge is -2.23. The first-order valence-electron chi connectivity index (χ1n) is 8.25. The highest BCUT2D eigenvalue weighted by Crippen LogP contribution is 2.23. The van der Waals surface area contributed by atoms with Crippen molar-refractivity contribution in [2.75, 3.05) is 53.9 Å². The number of nitrogens with one attached hydrogen (secondary N) is 1. The Morgan fingerprint density at radius 2 is 2.14 bits per heavy atom. The first-order chi connectivity index (χ1) is 10.5. The maximum absolute atomic E-state index is 11.8. The van der Waals surface area contributed by atoms with Crippen LogP contribution >= 0.6 is 0 Å². The third kappa shape index (κ3) is 5.48. The maximum atomic E-state index is 11.8. The number of methoxy groups -OCH3 is 1. The molecule has 0 saturated carbocycles. The molecule has 1 fully saturated rings. The van der Waals surface area contributed by atoms with Crippen LogP contribution in [-0.4, -0.2) is 75.7 Å². The molecule has 0 radical (unpaired) electrons. The van der Waals surface area contributed by atoms with E-state index >= 15 is 0 Å². The Morgan fingerprint density at radius 1 is 1.41 bits per heavy atom. The van der Waals surface area contributed by atoms with Gasteiger partial charge in [0.2, 0.25) is 0 Å². The summed E-state index contributed by atoms with van der Waals surface area (Å²) in [6, 6.07) is 0. The molecule has 128 valence electrons. The number of ether oxygens (including phenoxy) is 1. The number of guanidine groups is 1.